The van der Waals surface area contributed by atoms with Crippen molar-refractivity contribution in [3.8, 4) is 0 Å². The average Bonchev–Trinajstić information content (AvgIpc) is 2.65. The van der Waals surface area contributed by atoms with Crippen LogP contribution in [0.3, 0.4) is 0 Å². The number of rotatable bonds is 1. The van der Waals surface area contributed by atoms with Crippen LogP contribution in [0.4, 0.5) is 13.2 Å². The lowest BCUT2D eigenvalue weighted by Gasteiger charge is -2.44. The van der Waals surface area contributed by atoms with Gasteiger partial charge in [-0.05, 0) is 29.7 Å². The van der Waals surface area contributed by atoms with E-state index in [2.05, 4.69) is 0 Å². The molecule has 4 rings (SSSR count). The van der Waals surface area contributed by atoms with Crippen LogP contribution in [0, 0.1) is 17.5 Å². The minimum Gasteiger partial charge on any atom is -0.332 e. The van der Waals surface area contributed by atoms with Crippen LogP contribution in [0.5, 0.6) is 0 Å². The van der Waals surface area contributed by atoms with Crippen molar-refractivity contribution < 1.29 is 22.8 Å². The van der Waals surface area contributed by atoms with E-state index in [9.17, 15) is 22.8 Å². The highest BCUT2D eigenvalue weighted by Gasteiger charge is 2.39. The van der Waals surface area contributed by atoms with Gasteiger partial charge in [-0.1, -0.05) is 24.3 Å². The lowest BCUT2D eigenvalue weighted by Crippen LogP contribution is -2.55. The molecule has 0 aromatic heterocycles. The SMILES string of the molecule is O=C(c1ccc(F)c(F)c1F)N1CC(=O)N2CCc3ccccc3C2C1. The zero-order valence-electron chi connectivity index (χ0n) is 13.7. The number of fused-ring (bicyclic) bond motifs is 3. The van der Waals surface area contributed by atoms with Crippen molar-refractivity contribution in [3.63, 3.8) is 0 Å². The third kappa shape index (κ3) is 2.55. The molecule has 1 saturated heterocycles. The van der Waals surface area contributed by atoms with Crippen molar-refractivity contribution >= 4 is 11.8 Å². The van der Waals surface area contributed by atoms with E-state index < -0.39 is 28.9 Å². The van der Waals surface area contributed by atoms with Gasteiger partial charge in [0.1, 0.15) is 6.54 Å². The van der Waals surface area contributed by atoms with E-state index in [0.29, 0.717) is 12.6 Å². The highest BCUT2D eigenvalue weighted by Crippen LogP contribution is 2.33. The van der Waals surface area contributed by atoms with Crippen LogP contribution in [0.2, 0.25) is 0 Å². The molecule has 2 aromatic rings. The summed E-state index contributed by atoms with van der Waals surface area (Å²) in [6.07, 6.45) is 0.740. The van der Waals surface area contributed by atoms with Gasteiger partial charge < -0.3 is 9.80 Å². The number of piperazine rings is 1. The van der Waals surface area contributed by atoms with Gasteiger partial charge in [-0.2, -0.15) is 0 Å². The van der Waals surface area contributed by atoms with E-state index in [1.807, 2.05) is 24.3 Å². The van der Waals surface area contributed by atoms with Crippen molar-refractivity contribution in [2.24, 2.45) is 0 Å². The van der Waals surface area contributed by atoms with Crippen LogP contribution in [0.25, 0.3) is 0 Å². The topological polar surface area (TPSA) is 40.6 Å². The van der Waals surface area contributed by atoms with Crippen LogP contribution in [-0.2, 0) is 11.2 Å². The summed E-state index contributed by atoms with van der Waals surface area (Å²) in [5.74, 6) is -5.65. The molecule has 1 atom stereocenters. The number of nitrogens with zero attached hydrogens (tertiary/aromatic N) is 2. The molecule has 0 aliphatic carbocycles. The van der Waals surface area contributed by atoms with Gasteiger partial charge in [0.25, 0.3) is 5.91 Å². The number of benzene rings is 2. The van der Waals surface area contributed by atoms with E-state index in [4.69, 9.17) is 0 Å². The fraction of sp³-hybridized carbons (Fsp3) is 0.263. The molecular weight excluding hydrogens is 345 g/mol. The summed E-state index contributed by atoms with van der Waals surface area (Å²) >= 11 is 0. The van der Waals surface area contributed by atoms with Crippen molar-refractivity contribution in [1.29, 1.82) is 0 Å². The molecule has 2 amide bonds. The van der Waals surface area contributed by atoms with Gasteiger partial charge in [-0.3, -0.25) is 9.59 Å². The Labute approximate surface area is 147 Å². The molecule has 0 bridgehead atoms. The van der Waals surface area contributed by atoms with E-state index >= 15 is 0 Å². The minimum absolute atomic E-state index is 0.181. The minimum atomic E-state index is -1.69. The summed E-state index contributed by atoms with van der Waals surface area (Å²) in [4.78, 5) is 28.0. The number of carbonyl (C=O) groups is 2. The van der Waals surface area contributed by atoms with Crippen molar-refractivity contribution in [3.05, 3.63) is 70.5 Å². The molecular formula is C19H15F3N2O2. The highest BCUT2D eigenvalue weighted by atomic mass is 19.2. The molecule has 2 aliphatic rings. The van der Waals surface area contributed by atoms with Crippen molar-refractivity contribution in [1.82, 2.24) is 9.80 Å². The number of halogens is 3. The number of hydrogen-bond acceptors (Lipinski definition) is 2. The quantitative estimate of drug-likeness (QED) is 0.734. The second kappa shape index (κ2) is 6.16. The maximum atomic E-state index is 14.0. The van der Waals surface area contributed by atoms with Gasteiger partial charge in [0.05, 0.1) is 11.6 Å². The summed E-state index contributed by atoms with van der Waals surface area (Å²) in [6, 6.07) is 8.96. The standard InChI is InChI=1S/C19H15F3N2O2/c20-14-6-5-13(17(21)18(14)22)19(26)23-9-15-12-4-2-1-3-11(12)7-8-24(15)16(25)10-23/h1-6,15H,7-10H2. The van der Waals surface area contributed by atoms with E-state index in [0.717, 1.165) is 23.6 Å². The fourth-order valence-electron chi connectivity index (χ4n) is 3.69. The zero-order valence-corrected chi connectivity index (χ0v) is 13.7. The number of amides is 2. The Morgan fingerprint density at radius 2 is 1.81 bits per heavy atom. The van der Waals surface area contributed by atoms with Crippen LogP contribution >= 0.6 is 0 Å². The first-order valence-electron chi connectivity index (χ1n) is 8.27. The molecule has 2 heterocycles. The Morgan fingerprint density at radius 1 is 1.04 bits per heavy atom. The molecule has 1 unspecified atom stereocenters. The van der Waals surface area contributed by atoms with Crippen molar-refractivity contribution in [2.45, 2.75) is 12.5 Å². The molecule has 0 spiro atoms. The summed E-state index contributed by atoms with van der Waals surface area (Å²) in [5, 5.41) is 0. The summed E-state index contributed by atoms with van der Waals surface area (Å²) in [7, 11) is 0. The molecule has 2 aromatic carbocycles. The summed E-state index contributed by atoms with van der Waals surface area (Å²) in [6.45, 7) is 0.526. The van der Waals surface area contributed by atoms with Crippen LogP contribution in [0.1, 0.15) is 27.5 Å². The Hall–Kier alpha value is -2.83. The smallest absolute Gasteiger partial charge is 0.257 e. The predicted molar refractivity (Wildman–Crippen MR) is 86.8 cm³/mol. The van der Waals surface area contributed by atoms with E-state index in [-0.39, 0.29) is 25.0 Å². The average molecular weight is 360 g/mol. The molecule has 0 N–H and O–H groups in total. The lowest BCUT2D eigenvalue weighted by atomic mass is 9.90. The Morgan fingerprint density at radius 3 is 2.62 bits per heavy atom. The third-order valence-electron chi connectivity index (χ3n) is 5.00. The maximum Gasteiger partial charge on any atom is 0.257 e. The van der Waals surface area contributed by atoms with Crippen molar-refractivity contribution in [2.75, 3.05) is 19.6 Å². The first-order valence-corrected chi connectivity index (χ1v) is 8.27. The second-order valence-electron chi connectivity index (χ2n) is 6.46. The molecule has 7 heteroatoms. The van der Waals surface area contributed by atoms with Gasteiger partial charge in [0.15, 0.2) is 17.5 Å². The monoisotopic (exact) mass is 360 g/mol. The van der Waals surface area contributed by atoms with Crippen LogP contribution < -0.4 is 0 Å². The van der Waals surface area contributed by atoms with E-state index in [1.165, 1.54) is 4.90 Å². The highest BCUT2D eigenvalue weighted by molar-refractivity contribution is 5.97. The fourth-order valence-corrected chi connectivity index (χ4v) is 3.69. The van der Waals surface area contributed by atoms with Gasteiger partial charge in [-0.25, -0.2) is 13.2 Å². The van der Waals surface area contributed by atoms with Gasteiger partial charge >= 0.3 is 0 Å². The molecule has 1 fully saturated rings. The van der Waals surface area contributed by atoms with Crippen LogP contribution in [0.15, 0.2) is 36.4 Å². The first-order chi connectivity index (χ1) is 12.5. The molecule has 26 heavy (non-hydrogen) atoms. The Bertz CT molecular complexity index is 916. The Kier molecular flexibility index (Phi) is 3.94. The Balaban J connectivity index is 1.67. The largest absolute Gasteiger partial charge is 0.332 e. The third-order valence-corrected chi connectivity index (χ3v) is 5.00. The first kappa shape index (κ1) is 16.6. The summed E-state index contributed by atoms with van der Waals surface area (Å²) < 4.78 is 40.6. The van der Waals surface area contributed by atoms with Gasteiger partial charge in [-0.15, -0.1) is 0 Å². The molecule has 0 saturated carbocycles. The maximum absolute atomic E-state index is 14.0. The molecule has 2 aliphatic heterocycles. The number of hydrogen-bond donors (Lipinski definition) is 0. The second-order valence-corrected chi connectivity index (χ2v) is 6.46. The normalized spacial score (nSPS) is 19.2. The molecule has 4 nitrogen and oxygen atoms in total. The predicted octanol–water partition coefficient (Wildman–Crippen LogP) is 2.69. The molecule has 0 radical (unpaired) electrons. The zero-order chi connectivity index (χ0) is 18.4. The summed E-state index contributed by atoms with van der Waals surface area (Å²) in [5.41, 5.74) is 1.49. The number of carbonyl (C=O) groups excluding carboxylic acids is 2. The van der Waals surface area contributed by atoms with Gasteiger partial charge in [0, 0.05) is 13.1 Å². The lowest BCUT2D eigenvalue weighted by molar-refractivity contribution is -0.139. The van der Waals surface area contributed by atoms with Crippen LogP contribution in [-0.4, -0.2) is 41.2 Å². The van der Waals surface area contributed by atoms with Gasteiger partial charge in [0.2, 0.25) is 5.91 Å². The van der Waals surface area contributed by atoms with E-state index in [1.54, 1.807) is 4.90 Å². The molecule has 134 valence electrons.